The van der Waals surface area contributed by atoms with Crippen LogP contribution in [0.4, 0.5) is 5.82 Å². The Morgan fingerprint density at radius 3 is 3.05 bits per heavy atom. The number of anilines is 1. The van der Waals surface area contributed by atoms with Crippen LogP contribution >= 0.6 is 0 Å². The summed E-state index contributed by atoms with van der Waals surface area (Å²) in [6.07, 6.45) is 9.80. The van der Waals surface area contributed by atoms with E-state index < -0.39 is 0 Å². The normalized spacial score (nSPS) is 21.0. The average molecular weight is 286 g/mol. The molecule has 2 aliphatic heterocycles. The summed E-state index contributed by atoms with van der Waals surface area (Å²) in [5.41, 5.74) is 8.87. The number of pyridine rings is 1. The monoisotopic (exact) mass is 286 g/mol. The number of nitrogens with zero attached hydrogens (tertiary/aromatic N) is 3. The summed E-state index contributed by atoms with van der Waals surface area (Å²) >= 11 is 0. The highest BCUT2D eigenvalue weighted by Crippen LogP contribution is 2.38. The molecule has 1 saturated heterocycles. The molecule has 0 spiro atoms. The second-order valence-corrected chi connectivity index (χ2v) is 5.49. The molecule has 0 bridgehead atoms. The Balaban J connectivity index is 1.68. The Kier molecular flexibility index (Phi) is 3.03. The van der Waals surface area contributed by atoms with Crippen molar-refractivity contribution in [2.75, 3.05) is 18.9 Å². The lowest BCUT2D eigenvalue weighted by Crippen LogP contribution is -2.18. The summed E-state index contributed by atoms with van der Waals surface area (Å²) < 4.78 is 13.4. The SMILES string of the molecule is Nc1ncc(-c2cnn(C3CCCCO3)c2)c2c1CCO2. The summed E-state index contributed by atoms with van der Waals surface area (Å²) in [5, 5.41) is 4.44. The van der Waals surface area contributed by atoms with Crippen LogP contribution in [-0.4, -0.2) is 28.0 Å². The van der Waals surface area contributed by atoms with Crippen LogP contribution in [-0.2, 0) is 11.2 Å². The molecule has 2 aromatic rings. The minimum atomic E-state index is 0.0446. The molecular weight excluding hydrogens is 268 g/mol. The van der Waals surface area contributed by atoms with Crippen LogP contribution in [0.3, 0.4) is 0 Å². The van der Waals surface area contributed by atoms with Gasteiger partial charge in [-0.15, -0.1) is 0 Å². The molecule has 0 aromatic carbocycles. The molecule has 2 aromatic heterocycles. The third-order valence-corrected chi connectivity index (χ3v) is 4.12. The number of hydrogen-bond donors (Lipinski definition) is 1. The molecule has 2 aliphatic rings. The molecule has 1 unspecified atom stereocenters. The van der Waals surface area contributed by atoms with Gasteiger partial charge in [0, 0.05) is 42.1 Å². The number of ether oxygens (including phenoxy) is 2. The zero-order chi connectivity index (χ0) is 14.2. The lowest BCUT2D eigenvalue weighted by atomic mass is 10.1. The van der Waals surface area contributed by atoms with Gasteiger partial charge in [0.25, 0.3) is 0 Å². The van der Waals surface area contributed by atoms with Gasteiger partial charge in [-0.1, -0.05) is 0 Å². The van der Waals surface area contributed by atoms with E-state index in [1.165, 1.54) is 6.42 Å². The van der Waals surface area contributed by atoms with E-state index in [1.54, 1.807) is 6.20 Å². The third-order valence-electron chi connectivity index (χ3n) is 4.12. The first-order chi connectivity index (χ1) is 10.3. The Labute approximate surface area is 122 Å². The first-order valence-electron chi connectivity index (χ1n) is 7.39. The lowest BCUT2D eigenvalue weighted by molar-refractivity contribution is -0.0394. The van der Waals surface area contributed by atoms with E-state index in [4.69, 9.17) is 15.2 Å². The molecular formula is C15H18N4O2. The van der Waals surface area contributed by atoms with Crippen molar-refractivity contribution < 1.29 is 9.47 Å². The predicted octanol–water partition coefficient (Wildman–Crippen LogP) is 2.16. The fourth-order valence-electron chi connectivity index (χ4n) is 2.98. The fraction of sp³-hybridized carbons (Fsp3) is 0.467. The molecule has 0 radical (unpaired) electrons. The van der Waals surface area contributed by atoms with Crippen molar-refractivity contribution in [3.8, 4) is 16.9 Å². The first kappa shape index (κ1) is 12.6. The number of nitrogen functional groups attached to an aromatic ring is 1. The van der Waals surface area contributed by atoms with Gasteiger partial charge < -0.3 is 15.2 Å². The molecule has 1 fully saturated rings. The van der Waals surface area contributed by atoms with E-state index in [-0.39, 0.29) is 6.23 Å². The van der Waals surface area contributed by atoms with E-state index in [2.05, 4.69) is 10.1 Å². The Bertz CT molecular complexity index is 662. The molecule has 0 amide bonds. The van der Waals surface area contributed by atoms with E-state index >= 15 is 0 Å². The molecule has 2 N–H and O–H groups in total. The molecule has 4 rings (SSSR count). The van der Waals surface area contributed by atoms with Crippen molar-refractivity contribution in [2.45, 2.75) is 31.9 Å². The van der Waals surface area contributed by atoms with Crippen LogP contribution in [0.1, 0.15) is 31.1 Å². The molecule has 0 aliphatic carbocycles. The van der Waals surface area contributed by atoms with Gasteiger partial charge in [-0.25, -0.2) is 9.67 Å². The first-order valence-corrected chi connectivity index (χ1v) is 7.39. The second-order valence-electron chi connectivity index (χ2n) is 5.49. The van der Waals surface area contributed by atoms with Gasteiger partial charge in [0.15, 0.2) is 0 Å². The maximum atomic E-state index is 5.91. The third kappa shape index (κ3) is 2.15. The molecule has 6 heteroatoms. The highest BCUT2D eigenvalue weighted by Gasteiger charge is 2.23. The van der Waals surface area contributed by atoms with Crippen LogP contribution in [0.25, 0.3) is 11.1 Å². The lowest BCUT2D eigenvalue weighted by Gasteiger charge is -2.22. The topological polar surface area (TPSA) is 75.2 Å². The van der Waals surface area contributed by atoms with E-state index in [9.17, 15) is 0 Å². The van der Waals surface area contributed by atoms with Crippen molar-refractivity contribution in [2.24, 2.45) is 0 Å². The van der Waals surface area contributed by atoms with Crippen molar-refractivity contribution in [3.05, 3.63) is 24.2 Å². The fourth-order valence-corrected chi connectivity index (χ4v) is 2.98. The largest absolute Gasteiger partial charge is 0.492 e. The second kappa shape index (κ2) is 5.04. The number of fused-ring (bicyclic) bond motifs is 1. The zero-order valence-corrected chi connectivity index (χ0v) is 11.8. The summed E-state index contributed by atoms with van der Waals surface area (Å²) in [5.74, 6) is 1.42. The van der Waals surface area contributed by atoms with Crippen LogP contribution in [0.5, 0.6) is 5.75 Å². The highest BCUT2D eigenvalue weighted by molar-refractivity contribution is 5.73. The number of nitrogens with two attached hydrogens (primary N) is 1. The standard InChI is InChI=1S/C15H18N4O2/c16-15-11-4-6-21-14(11)12(8-17-15)10-7-18-19(9-10)13-3-1-2-5-20-13/h7-9,13H,1-6H2,(H2,16,17). The minimum Gasteiger partial charge on any atom is -0.492 e. The maximum Gasteiger partial charge on any atom is 0.150 e. The van der Waals surface area contributed by atoms with Gasteiger partial charge in [0.1, 0.15) is 17.8 Å². The van der Waals surface area contributed by atoms with Gasteiger partial charge in [-0.2, -0.15) is 5.10 Å². The molecule has 4 heterocycles. The molecule has 6 nitrogen and oxygen atoms in total. The minimum absolute atomic E-state index is 0.0446. The van der Waals surface area contributed by atoms with E-state index in [0.29, 0.717) is 12.4 Å². The Hall–Kier alpha value is -2.08. The highest BCUT2D eigenvalue weighted by atomic mass is 16.5. The number of hydrogen-bond acceptors (Lipinski definition) is 5. The average Bonchev–Trinajstić information content (AvgIpc) is 3.18. The van der Waals surface area contributed by atoms with Crippen LogP contribution in [0, 0.1) is 0 Å². The Morgan fingerprint density at radius 2 is 2.19 bits per heavy atom. The van der Waals surface area contributed by atoms with Gasteiger partial charge in [0.2, 0.25) is 0 Å². The van der Waals surface area contributed by atoms with Gasteiger partial charge >= 0.3 is 0 Å². The summed E-state index contributed by atoms with van der Waals surface area (Å²) in [4.78, 5) is 4.28. The van der Waals surface area contributed by atoms with Gasteiger partial charge in [-0.05, 0) is 19.3 Å². The van der Waals surface area contributed by atoms with Gasteiger partial charge in [0.05, 0.1) is 12.8 Å². The van der Waals surface area contributed by atoms with Gasteiger partial charge in [-0.3, -0.25) is 0 Å². The van der Waals surface area contributed by atoms with Crippen LogP contribution in [0.15, 0.2) is 18.6 Å². The number of rotatable bonds is 2. The van der Waals surface area contributed by atoms with E-state index in [1.807, 2.05) is 17.1 Å². The Morgan fingerprint density at radius 1 is 1.24 bits per heavy atom. The van der Waals surface area contributed by atoms with Crippen molar-refractivity contribution >= 4 is 5.82 Å². The van der Waals surface area contributed by atoms with Crippen LogP contribution in [0.2, 0.25) is 0 Å². The molecule has 21 heavy (non-hydrogen) atoms. The summed E-state index contributed by atoms with van der Waals surface area (Å²) in [7, 11) is 0. The summed E-state index contributed by atoms with van der Waals surface area (Å²) in [6.45, 7) is 1.47. The number of aromatic nitrogens is 3. The maximum absolute atomic E-state index is 5.91. The molecule has 0 saturated carbocycles. The quantitative estimate of drug-likeness (QED) is 0.915. The zero-order valence-electron chi connectivity index (χ0n) is 11.8. The van der Waals surface area contributed by atoms with Crippen molar-refractivity contribution in [3.63, 3.8) is 0 Å². The smallest absolute Gasteiger partial charge is 0.150 e. The summed E-state index contributed by atoms with van der Waals surface area (Å²) in [6, 6.07) is 0. The molecule has 1 atom stereocenters. The van der Waals surface area contributed by atoms with Crippen LogP contribution < -0.4 is 10.5 Å². The predicted molar refractivity (Wildman–Crippen MR) is 77.9 cm³/mol. The molecule has 110 valence electrons. The van der Waals surface area contributed by atoms with E-state index in [0.717, 1.165) is 48.3 Å². The van der Waals surface area contributed by atoms with Crippen molar-refractivity contribution in [1.82, 2.24) is 14.8 Å². The van der Waals surface area contributed by atoms with Crippen molar-refractivity contribution in [1.29, 1.82) is 0 Å².